The molecule has 4 heteroatoms. The van der Waals surface area contributed by atoms with E-state index >= 15 is 0 Å². The average Bonchev–Trinajstić information content (AvgIpc) is 2.88. The van der Waals surface area contributed by atoms with E-state index in [1.54, 1.807) is 0 Å². The zero-order chi connectivity index (χ0) is 12.5. The zero-order valence-corrected chi connectivity index (χ0v) is 10.5. The van der Waals surface area contributed by atoms with Gasteiger partial charge in [-0.15, -0.1) is 0 Å². The summed E-state index contributed by atoms with van der Waals surface area (Å²) in [5.41, 5.74) is 8.59. The summed E-state index contributed by atoms with van der Waals surface area (Å²) in [6.45, 7) is 1.85. The molecule has 1 aliphatic rings. The lowest BCUT2D eigenvalue weighted by atomic mass is 9.83. The highest BCUT2D eigenvalue weighted by atomic mass is 16.5. The number of aryl methyl sites for hydroxylation is 1. The van der Waals surface area contributed by atoms with Gasteiger partial charge in [-0.25, -0.2) is 0 Å². The minimum atomic E-state index is -0.192. The molecular weight excluding hydrogens is 226 g/mol. The molecule has 2 aromatic rings. The van der Waals surface area contributed by atoms with E-state index in [1.807, 2.05) is 6.92 Å². The molecule has 1 aromatic carbocycles. The van der Waals surface area contributed by atoms with E-state index in [9.17, 15) is 0 Å². The lowest BCUT2D eigenvalue weighted by molar-refractivity contribution is 0.352. The van der Waals surface area contributed by atoms with Crippen molar-refractivity contribution in [2.24, 2.45) is 5.73 Å². The lowest BCUT2D eigenvalue weighted by Crippen LogP contribution is -2.14. The Balaban J connectivity index is 1.83. The van der Waals surface area contributed by atoms with Crippen molar-refractivity contribution in [1.29, 1.82) is 0 Å². The van der Waals surface area contributed by atoms with Crippen molar-refractivity contribution in [2.75, 3.05) is 0 Å². The molecule has 2 N–H and O–H groups in total. The van der Waals surface area contributed by atoms with E-state index < -0.39 is 0 Å². The topological polar surface area (TPSA) is 64.9 Å². The summed E-state index contributed by atoms with van der Waals surface area (Å²) in [6, 6.07) is 8.39. The third-order valence-electron chi connectivity index (χ3n) is 3.56. The second kappa shape index (κ2) is 4.53. The molecule has 0 radical (unpaired) electrons. The molecular formula is C14H17N3O. The fourth-order valence-electron chi connectivity index (χ4n) is 2.52. The predicted octanol–water partition coefficient (Wildman–Crippen LogP) is 2.36. The molecule has 1 unspecified atom stereocenters. The minimum Gasteiger partial charge on any atom is -0.338 e. The van der Waals surface area contributed by atoms with Gasteiger partial charge in [0, 0.05) is 5.92 Å². The van der Waals surface area contributed by atoms with Crippen molar-refractivity contribution in [3.05, 3.63) is 47.1 Å². The van der Waals surface area contributed by atoms with E-state index in [-0.39, 0.29) is 6.04 Å². The highest BCUT2D eigenvalue weighted by molar-refractivity contribution is 5.31. The maximum absolute atomic E-state index is 5.74. The molecule has 4 nitrogen and oxygen atoms in total. The van der Waals surface area contributed by atoms with Gasteiger partial charge >= 0.3 is 0 Å². The molecule has 0 saturated carbocycles. The minimum absolute atomic E-state index is 0.192. The van der Waals surface area contributed by atoms with Gasteiger partial charge in [0.2, 0.25) is 5.89 Å². The number of fused-ring (bicyclic) bond motifs is 1. The maximum atomic E-state index is 5.74. The van der Waals surface area contributed by atoms with Gasteiger partial charge in [0.05, 0.1) is 6.04 Å². The molecule has 0 amide bonds. The first kappa shape index (κ1) is 11.4. The van der Waals surface area contributed by atoms with Crippen molar-refractivity contribution >= 4 is 0 Å². The van der Waals surface area contributed by atoms with Crippen LogP contribution in [-0.2, 0) is 12.8 Å². The SMILES string of the molecule is C[C@H](N)c1nc(C2CCc3ccccc3C2)no1. The van der Waals surface area contributed by atoms with Crippen LogP contribution in [0.1, 0.15) is 48.1 Å². The first-order chi connectivity index (χ1) is 8.74. The number of hydrogen-bond donors (Lipinski definition) is 1. The van der Waals surface area contributed by atoms with Crippen LogP contribution in [0.5, 0.6) is 0 Å². The number of aromatic nitrogens is 2. The third kappa shape index (κ3) is 2.04. The van der Waals surface area contributed by atoms with Gasteiger partial charge in [-0.05, 0) is 37.3 Å². The van der Waals surface area contributed by atoms with Crippen LogP contribution in [0.25, 0.3) is 0 Å². The molecule has 1 aromatic heterocycles. The molecule has 94 valence electrons. The number of benzene rings is 1. The fraction of sp³-hybridized carbons (Fsp3) is 0.429. The van der Waals surface area contributed by atoms with Gasteiger partial charge in [0.15, 0.2) is 5.82 Å². The van der Waals surface area contributed by atoms with Gasteiger partial charge in [-0.1, -0.05) is 29.4 Å². The highest BCUT2D eigenvalue weighted by Crippen LogP contribution is 2.31. The molecule has 0 saturated heterocycles. The van der Waals surface area contributed by atoms with Crippen LogP contribution in [0.3, 0.4) is 0 Å². The molecule has 1 heterocycles. The van der Waals surface area contributed by atoms with Crippen molar-refractivity contribution in [3.8, 4) is 0 Å². The first-order valence-electron chi connectivity index (χ1n) is 6.40. The zero-order valence-electron chi connectivity index (χ0n) is 10.5. The van der Waals surface area contributed by atoms with E-state index in [1.165, 1.54) is 11.1 Å². The summed E-state index contributed by atoms with van der Waals surface area (Å²) < 4.78 is 5.18. The van der Waals surface area contributed by atoms with E-state index in [2.05, 4.69) is 34.4 Å². The number of nitrogens with zero attached hydrogens (tertiary/aromatic N) is 2. The molecule has 1 aliphatic carbocycles. The molecule has 2 atom stereocenters. The molecule has 0 fully saturated rings. The Kier molecular flexibility index (Phi) is 2.88. The van der Waals surface area contributed by atoms with Gasteiger partial charge < -0.3 is 10.3 Å². The van der Waals surface area contributed by atoms with Crippen molar-refractivity contribution in [2.45, 2.75) is 38.1 Å². The van der Waals surface area contributed by atoms with Crippen LogP contribution >= 0.6 is 0 Å². The summed E-state index contributed by atoms with van der Waals surface area (Å²) in [5, 5.41) is 4.07. The van der Waals surface area contributed by atoms with Gasteiger partial charge in [-0.2, -0.15) is 4.98 Å². The van der Waals surface area contributed by atoms with Crippen molar-refractivity contribution in [3.63, 3.8) is 0 Å². The van der Waals surface area contributed by atoms with Crippen LogP contribution in [-0.4, -0.2) is 10.1 Å². The molecule has 3 rings (SSSR count). The largest absolute Gasteiger partial charge is 0.338 e. The summed E-state index contributed by atoms with van der Waals surface area (Å²) in [6.07, 6.45) is 3.16. The quantitative estimate of drug-likeness (QED) is 0.879. The van der Waals surface area contributed by atoms with Crippen LogP contribution in [0.4, 0.5) is 0 Å². The van der Waals surface area contributed by atoms with Gasteiger partial charge in [-0.3, -0.25) is 0 Å². The summed E-state index contributed by atoms with van der Waals surface area (Å²) >= 11 is 0. The molecule has 0 aliphatic heterocycles. The Labute approximate surface area is 106 Å². The predicted molar refractivity (Wildman–Crippen MR) is 68.1 cm³/mol. The standard InChI is InChI=1S/C14H17N3O/c1-9(15)14-16-13(17-18-14)12-7-6-10-4-2-3-5-11(10)8-12/h2-5,9,12H,6-8,15H2,1H3/t9-,12?/m0/s1. The Morgan fingerprint density at radius 1 is 1.33 bits per heavy atom. The Hall–Kier alpha value is -1.68. The lowest BCUT2D eigenvalue weighted by Gasteiger charge is -2.21. The van der Waals surface area contributed by atoms with E-state index in [0.717, 1.165) is 25.1 Å². The first-order valence-corrected chi connectivity index (χ1v) is 6.40. The van der Waals surface area contributed by atoms with Crippen LogP contribution in [0, 0.1) is 0 Å². The Morgan fingerprint density at radius 3 is 2.83 bits per heavy atom. The van der Waals surface area contributed by atoms with Gasteiger partial charge in [0.1, 0.15) is 0 Å². The third-order valence-corrected chi connectivity index (χ3v) is 3.56. The molecule has 18 heavy (non-hydrogen) atoms. The highest BCUT2D eigenvalue weighted by Gasteiger charge is 2.24. The number of hydrogen-bond acceptors (Lipinski definition) is 4. The Morgan fingerprint density at radius 2 is 2.11 bits per heavy atom. The molecule has 0 spiro atoms. The van der Waals surface area contributed by atoms with Crippen LogP contribution in [0.2, 0.25) is 0 Å². The van der Waals surface area contributed by atoms with Crippen LogP contribution in [0.15, 0.2) is 28.8 Å². The summed E-state index contributed by atoms with van der Waals surface area (Å²) in [4.78, 5) is 4.40. The smallest absolute Gasteiger partial charge is 0.243 e. The van der Waals surface area contributed by atoms with Gasteiger partial charge in [0.25, 0.3) is 0 Å². The van der Waals surface area contributed by atoms with Crippen molar-refractivity contribution in [1.82, 2.24) is 10.1 Å². The monoisotopic (exact) mass is 243 g/mol. The van der Waals surface area contributed by atoms with Crippen molar-refractivity contribution < 1.29 is 4.52 Å². The van der Waals surface area contributed by atoms with Crippen LogP contribution < -0.4 is 5.73 Å². The second-order valence-corrected chi connectivity index (χ2v) is 4.99. The Bertz CT molecular complexity index is 547. The summed E-state index contributed by atoms with van der Waals surface area (Å²) in [7, 11) is 0. The average molecular weight is 243 g/mol. The van der Waals surface area contributed by atoms with E-state index in [4.69, 9.17) is 10.3 Å². The summed E-state index contributed by atoms with van der Waals surface area (Å²) in [5.74, 6) is 1.69. The fourth-order valence-corrected chi connectivity index (χ4v) is 2.52. The normalized spacial score (nSPS) is 20.4. The number of nitrogens with two attached hydrogens (primary N) is 1. The molecule has 0 bridgehead atoms. The maximum Gasteiger partial charge on any atom is 0.243 e. The number of rotatable bonds is 2. The second-order valence-electron chi connectivity index (χ2n) is 4.99. The van der Waals surface area contributed by atoms with E-state index in [0.29, 0.717) is 11.8 Å².